The van der Waals surface area contributed by atoms with E-state index >= 15 is 0 Å². The van der Waals surface area contributed by atoms with Gasteiger partial charge in [0.1, 0.15) is 0 Å². The molecule has 0 aromatic heterocycles. The fraction of sp³-hybridized carbons (Fsp3) is 0.579. The molecule has 0 radical (unpaired) electrons. The van der Waals surface area contributed by atoms with E-state index in [-0.39, 0.29) is 18.2 Å². The van der Waals surface area contributed by atoms with E-state index in [4.69, 9.17) is 11.5 Å². The number of hydrogen-bond acceptors (Lipinski definition) is 3. The molecule has 0 aliphatic heterocycles. The Kier molecular flexibility index (Phi) is 9.77. The molecule has 5 nitrogen and oxygen atoms in total. The molecular weight excluding hydrogens is 302 g/mol. The SMILES string of the molecule is CCCC(CCN)CCC(=O)N(CCC(N)=O)Cc1ccccc1. The highest BCUT2D eigenvalue weighted by Crippen LogP contribution is 2.18. The normalized spacial score (nSPS) is 11.9. The van der Waals surface area contributed by atoms with Gasteiger partial charge in [0, 0.05) is 25.9 Å². The molecule has 0 heterocycles. The summed E-state index contributed by atoms with van der Waals surface area (Å²) < 4.78 is 0. The van der Waals surface area contributed by atoms with Crippen molar-refractivity contribution in [3.63, 3.8) is 0 Å². The molecule has 4 N–H and O–H groups in total. The summed E-state index contributed by atoms with van der Waals surface area (Å²) in [6, 6.07) is 9.81. The molecule has 5 heteroatoms. The lowest BCUT2D eigenvalue weighted by molar-refractivity contribution is -0.132. The summed E-state index contributed by atoms with van der Waals surface area (Å²) in [4.78, 5) is 25.4. The summed E-state index contributed by atoms with van der Waals surface area (Å²) in [7, 11) is 0. The van der Waals surface area contributed by atoms with Crippen molar-refractivity contribution in [2.24, 2.45) is 17.4 Å². The third-order valence-electron chi connectivity index (χ3n) is 4.24. The van der Waals surface area contributed by atoms with Gasteiger partial charge in [0.15, 0.2) is 0 Å². The summed E-state index contributed by atoms with van der Waals surface area (Å²) in [5.41, 5.74) is 12.0. The van der Waals surface area contributed by atoms with Crippen molar-refractivity contribution >= 4 is 11.8 Å². The van der Waals surface area contributed by atoms with Crippen LogP contribution < -0.4 is 11.5 Å². The lowest BCUT2D eigenvalue weighted by Gasteiger charge is -2.24. The summed E-state index contributed by atoms with van der Waals surface area (Å²) in [5.74, 6) is 0.199. The first-order valence-electron chi connectivity index (χ1n) is 8.86. The van der Waals surface area contributed by atoms with E-state index in [1.54, 1.807) is 4.90 Å². The number of carbonyl (C=O) groups excluding carboxylic acids is 2. The Labute approximate surface area is 145 Å². The van der Waals surface area contributed by atoms with Crippen LogP contribution in [0.3, 0.4) is 0 Å². The second-order valence-corrected chi connectivity index (χ2v) is 6.29. The number of amides is 2. The molecule has 1 rings (SSSR count). The maximum atomic E-state index is 12.6. The Morgan fingerprint density at radius 2 is 1.79 bits per heavy atom. The van der Waals surface area contributed by atoms with Gasteiger partial charge in [0.05, 0.1) is 0 Å². The van der Waals surface area contributed by atoms with Crippen molar-refractivity contribution in [2.75, 3.05) is 13.1 Å². The summed E-state index contributed by atoms with van der Waals surface area (Å²) >= 11 is 0. The lowest BCUT2D eigenvalue weighted by atomic mass is 9.94. The fourth-order valence-electron chi connectivity index (χ4n) is 2.90. The van der Waals surface area contributed by atoms with E-state index < -0.39 is 0 Å². The third-order valence-corrected chi connectivity index (χ3v) is 4.24. The van der Waals surface area contributed by atoms with Gasteiger partial charge in [-0.2, -0.15) is 0 Å². The van der Waals surface area contributed by atoms with E-state index in [1.165, 1.54) is 0 Å². The van der Waals surface area contributed by atoms with E-state index in [0.29, 0.717) is 32.0 Å². The van der Waals surface area contributed by atoms with E-state index in [0.717, 1.165) is 31.2 Å². The van der Waals surface area contributed by atoms with E-state index in [1.807, 2.05) is 30.3 Å². The van der Waals surface area contributed by atoms with Crippen molar-refractivity contribution in [2.45, 2.75) is 52.0 Å². The van der Waals surface area contributed by atoms with Crippen LogP contribution in [0.1, 0.15) is 51.0 Å². The second kappa shape index (κ2) is 11.6. The number of carbonyl (C=O) groups is 2. The van der Waals surface area contributed by atoms with Crippen molar-refractivity contribution in [1.29, 1.82) is 0 Å². The first kappa shape index (κ1) is 20.2. The molecule has 24 heavy (non-hydrogen) atoms. The zero-order valence-corrected chi connectivity index (χ0v) is 14.7. The predicted octanol–water partition coefficient (Wildman–Crippen LogP) is 2.44. The van der Waals surface area contributed by atoms with E-state index in [9.17, 15) is 9.59 Å². The van der Waals surface area contributed by atoms with Crippen molar-refractivity contribution < 1.29 is 9.59 Å². The Balaban J connectivity index is 2.63. The van der Waals surface area contributed by atoms with Crippen LogP contribution in [0.5, 0.6) is 0 Å². The van der Waals surface area contributed by atoms with Gasteiger partial charge in [-0.15, -0.1) is 0 Å². The molecule has 1 atom stereocenters. The molecule has 1 aromatic rings. The van der Waals surface area contributed by atoms with E-state index in [2.05, 4.69) is 6.92 Å². The van der Waals surface area contributed by atoms with Gasteiger partial charge in [-0.1, -0.05) is 50.1 Å². The van der Waals surface area contributed by atoms with Gasteiger partial charge in [-0.05, 0) is 30.9 Å². The summed E-state index contributed by atoms with van der Waals surface area (Å²) in [5, 5.41) is 0. The fourth-order valence-corrected chi connectivity index (χ4v) is 2.90. The molecule has 0 spiro atoms. The number of rotatable bonds is 12. The molecule has 0 saturated carbocycles. The van der Waals surface area contributed by atoms with Gasteiger partial charge >= 0.3 is 0 Å². The largest absolute Gasteiger partial charge is 0.370 e. The highest BCUT2D eigenvalue weighted by atomic mass is 16.2. The smallest absolute Gasteiger partial charge is 0.222 e. The van der Waals surface area contributed by atoms with Crippen LogP contribution in [0.25, 0.3) is 0 Å². The Hall–Kier alpha value is -1.88. The third kappa shape index (κ3) is 8.11. The zero-order chi connectivity index (χ0) is 17.8. The van der Waals surface area contributed by atoms with Gasteiger partial charge in [0.25, 0.3) is 0 Å². The number of nitrogens with zero attached hydrogens (tertiary/aromatic N) is 1. The zero-order valence-electron chi connectivity index (χ0n) is 14.7. The quantitative estimate of drug-likeness (QED) is 0.615. The summed E-state index contributed by atoms with van der Waals surface area (Å²) in [6.45, 7) is 3.70. The summed E-state index contributed by atoms with van der Waals surface area (Å²) in [6.07, 6.45) is 4.71. The minimum atomic E-state index is -0.382. The second-order valence-electron chi connectivity index (χ2n) is 6.29. The number of hydrogen-bond donors (Lipinski definition) is 2. The molecule has 0 bridgehead atoms. The molecule has 0 saturated heterocycles. The van der Waals surface area contributed by atoms with Crippen molar-refractivity contribution in [3.8, 4) is 0 Å². The van der Waals surface area contributed by atoms with Crippen molar-refractivity contribution in [1.82, 2.24) is 4.90 Å². The molecule has 1 aromatic carbocycles. The maximum absolute atomic E-state index is 12.6. The highest BCUT2D eigenvalue weighted by molar-refractivity contribution is 5.78. The minimum Gasteiger partial charge on any atom is -0.370 e. The van der Waals surface area contributed by atoms with Crippen LogP contribution in [-0.4, -0.2) is 29.8 Å². The molecule has 1 unspecified atom stereocenters. The number of primary amides is 1. The molecule has 134 valence electrons. The van der Waals surface area contributed by atoms with Crippen LogP contribution in [0.2, 0.25) is 0 Å². The highest BCUT2D eigenvalue weighted by Gasteiger charge is 2.17. The number of nitrogens with two attached hydrogens (primary N) is 2. The average molecular weight is 333 g/mol. The van der Waals surface area contributed by atoms with Gasteiger partial charge in [0.2, 0.25) is 11.8 Å². The molecule has 0 aliphatic rings. The standard InChI is InChI=1S/C19H31N3O2/c1-2-6-16(11-13-20)9-10-19(24)22(14-12-18(21)23)15-17-7-4-3-5-8-17/h3-5,7-8,16H,2,6,9-15,20H2,1H3,(H2,21,23). The monoisotopic (exact) mass is 333 g/mol. The first-order valence-corrected chi connectivity index (χ1v) is 8.86. The molecule has 0 fully saturated rings. The maximum Gasteiger partial charge on any atom is 0.222 e. The number of benzene rings is 1. The van der Waals surface area contributed by atoms with Crippen LogP contribution in [0.4, 0.5) is 0 Å². The minimum absolute atomic E-state index is 0.0817. The van der Waals surface area contributed by atoms with Crippen molar-refractivity contribution in [3.05, 3.63) is 35.9 Å². The first-order chi connectivity index (χ1) is 11.6. The Morgan fingerprint density at radius 3 is 2.38 bits per heavy atom. The molecule has 2 amide bonds. The van der Waals surface area contributed by atoms with Crippen LogP contribution in [0.15, 0.2) is 30.3 Å². The van der Waals surface area contributed by atoms with Crippen LogP contribution in [-0.2, 0) is 16.1 Å². The van der Waals surface area contributed by atoms with Gasteiger partial charge < -0.3 is 16.4 Å². The average Bonchev–Trinajstić information content (AvgIpc) is 2.57. The topological polar surface area (TPSA) is 89.4 Å². The Morgan fingerprint density at radius 1 is 1.08 bits per heavy atom. The van der Waals surface area contributed by atoms with Crippen LogP contribution in [0, 0.1) is 5.92 Å². The Bertz CT molecular complexity index is 485. The van der Waals surface area contributed by atoms with Crippen LogP contribution >= 0.6 is 0 Å². The van der Waals surface area contributed by atoms with Gasteiger partial charge in [-0.25, -0.2) is 0 Å². The predicted molar refractivity (Wildman–Crippen MR) is 97.0 cm³/mol. The lowest BCUT2D eigenvalue weighted by Crippen LogP contribution is -2.33. The molecular formula is C19H31N3O2. The molecule has 0 aliphatic carbocycles. The van der Waals surface area contributed by atoms with Gasteiger partial charge in [-0.3, -0.25) is 9.59 Å².